The molecule has 6 heteroatoms. The summed E-state index contributed by atoms with van der Waals surface area (Å²) in [7, 11) is 1.78. The second-order valence-corrected chi connectivity index (χ2v) is 8.16. The van der Waals surface area contributed by atoms with Gasteiger partial charge in [-0.3, -0.25) is 0 Å². The Morgan fingerprint density at radius 1 is 1.25 bits per heavy atom. The van der Waals surface area contributed by atoms with Crippen LogP contribution in [0.15, 0.2) is 23.2 Å². The number of methoxy groups -OCH3 is 1. The van der Waals surface area contributed by atoms with Crippen molar-refractivity contribution in [1.29, 1.82) is 0 Å². The Morgan fingerprint density at radius 3 is 2.68 bits per heavy atom. The Balaban J connectivity index is 0.00000280. The van der Waals surface area contributed by atoms with E-state index in [1.165, 1.54) is 31.2 Å². The van der Waals surface area contributed by atoms with Crippen LogP contribution in [0.4, 0.5) is 0 Å². The van der Waals surface area contributed by atoms with E-state index in [-0.39, 0.29) is 24.0 Å². The number of nitrogens with zero attached hydrogens (tertiary/aromatic N) is 1. The van der Waals surface area contributed by atoms with Crippen LogP contribution in [0.1, 0.15) is 50.2 Å². The van der Waals surface area contributed by atoms with Gasteiger partial charge in [0.1, 0.15) is 5.75 Å². The smallest absolute Gasteiger partial charge is 0.191 e. The summed E-state index contributed by atoms with van der Waals surface area (Å²) < 4.78 is 11.3. The Kier molecular flexibility index (Phi) is 9.34. The number of guanidine groups is 1. The summed E-state index contributed by atoms with van der Waals surface area (Å²) in [5.74, 6) is 2.62. The highest BCUT2D eigenvalue weighted by Gasteiger charge is 2.41. The molecule has 1 aromatic rings. The van der Waals surface area contributed by atoms with Crippen LogP contribution in [-0.4, -0.2) is 39.4 Å². The second kappa shape index (κ2) is 11.2. The van der Waals surface area contributed by atoms with E-state index in [2.05, 4.69) is 42.7 Å². The van der Waals surface area contributed by atoms with E-state index in [0.29, 0.717) is 12.0 Å². The first-order valence-electron chi connectivity index (χ1n) is 10.4. The maximum Gasteiger partial charge on any atom is 0.191 e. The molecule has 0 amide bonds. The highest BCUT2D eigenvalue weighted by Crippen LogP contribution is 2.48. The van der Waals surface area contributed by atoms with Gasteiger partial charge in [0.05, 0.1) is 13.2 Å². The minimum absolute atomic E-state index is 0. The van der Waals surface area contributed by atoms with Crippen LogP contribution >= 0.6 is 24.0 Å². The molecule has 0 spiro atoms. The van der Waals surface area contributed by atoms with Crippen LogP contribution in [0.3, 0.4) is 0 Å². The normalized spacial score (nSPS) is 17.6. The molecule has 2 N–H and O–H groups in total. The number of benzene rings is 1. The molecule has 3 rings (SSSR count). The summed E-state index contributed by atoms with van der Waals surface area (Å²) in [6.45, 7) is 8.32. The Morgan fingerprint density at radius 2 is 2.04 bits per heavy atom. The average molecular weight is 501 g/mol. The van der Waals surface area contributed by atoms with Crippen molar-refractivity contribution in [3.63, 3.8) is 0 Å². The number of halogens is 1. The van der Waals surface area contributed by atoms with Crippen LogP contribution in [0, 0.1) is 18.3 Å². The fourth-order valence-electron chi connectivity index (χ4n) is 3.21. The van der Waals surface area contributed by atoms with Crippen molar-refractivity contribution in [2.45, 2.75) is 52.5 Å². The van der Waals surface area contributed by atoms with Crippen molar-refractivity contribution >= 4 is 29.9 Å². The molecule has 0 bridgehead atoms. The lowest BCUT2D eigenvalue weighted by Crippen LogP contribution is -2.40. The van der Waals surface area contributed by atoms with Crippen molar-refractivity contribution in [2.75, 3.05) is 33.4 Å². The third kappa shape index (κ3) is 7.43. The van der Waals surface area contributed by atoms with E-state index in [1.807, 2.05) is 0 Å². The predicted molar refractivity (Wildman–Crippen MR) is 126 cm³/mol. The molecular weight excluding hydrogens is 465 g/mol. The molecule has 0 aromatic heterocycles. The number of aryl methyl sites for hydroxylation is 1. The van der Waals surface area contributed by atoms with Crippen LogP contribution < -0.4 is 15.4 Å². The minimum Gasteiger partial charge on any atom is -0.493 e. The summed E-state index contributed by atoms with van der Waals surface area (Å²) in [6, 6.07) is 6.42. The summed E-state index contributed by atoms with van der Waals surface area (Å²) in [6.07, 6.45) is 6.28. The van der Waals surface area contributed by atoms with Gasteiger partial charge in [0.25, 0.3) is 0 Å². The van der Waals surface area contributed by atoms with Crippen LogP contribution in [0.25, 0.3) is 0 Å². The van der Waals surface area contributed by atoms with Crippen molar-refractivity contribution in [3.8, 4) is 5.75 Å². The standard InChI is InChI=1S/C22H35N3O2.HI/c1-4-23-21(25-16-22(9-10-22)11-12-26-3)24-14-19-8-5-17(2)13-20(19)27-15-18-6-7-18;/h5,8,13,18H,4,6-7,9-12,14-16H2,1-3H3,(H2,23,24,25);1H. The van der Waals surface area contributed by atoms with Gasteiger partial charge in [0.2, 0.25) is 0 Å². The SMILES string of the molecule is CCNC(=NCc1ccc(C)cc1OCC1CC1)NCC1(CCOC)CC1.I. The Bertz CT molecular complexity index is 643. The molecule has 5 nitrogen and oxygen atoms in total. The molecule has 2 aliphatic rings. The van der Waals surface area contributed by atoms with E-state index in [0.717, 1.165) is 55.9 Å². The fraction of sp³-hybridized carbons (Fsp3) is 0.682. The number of ether oxygens (including phenoxy) is 2. The van der Waals surface area contributed by atoms with Gasteiger partial charge in [0.15, 0.2) is 5.96 Å². The van der Waals surface area contributed by atoms with E-state index >= 15 is 0 Å². The molecule has 0 atom stereocenters. The first kappa shape index (κ1) is 23.3. The highest BCUT2D eigenvalue weighted by molar-refractivity contribution is 14.0. The Hall–Kier alpha value is -1.02. The first-order valence-corrected chi connectivity index (χ1v) is 10.4. The topological polar surface area (TPSA) is 54.9 Å². The highest BCUT2D eigenvalue weighted by atomic mass is 127. The third-order valence-corrected chi connectivity index (χ3v) is 5.57. The molecular formula is C22H36IN3O2. The molecule has 0 unspecified atom stereocenters. The van der Waals surface area contributed by atoms with Gasteiger partial charge in [0, 0.05) is 32.4 Å². The lowest BCUT2D eigenvalue weighted by molar-refractivity contribution is 0.172. The van der Waals surface area contributed by atoms with Crippen LogP contribution in [0.2, 0.25) is 0 Å². The molecule has 0 saturated heterocycles. The number of aliphatic imine (C=N–C) groups is 1. The zero-order valence-electron chi connectivity index (χ0n) is 17.6. The number of nitrogens with one attached hydrogen (secondary N) is 2. The minimum atomic E-state index is 0. The molecule has 158 valence electrons. The van der Waals surface area contributed by atoms with Crippen LogP contribution in [0.5, 0.6) is 5.75 Å². The van der Waals surface area contributed by atoms with E-state index in [4.69, 9.17) is 14.5 Å². The summed E-state index contributed by atoms with van der Waals surface area (Å²) in [4.78, 5) is 4.81. The van der Waals surface area contributed by atoms with Crippen LogP contribution in [-0.2, 0) is 11.3 Å². The van der Waals surface area contributed by atoms with Gasteiger partial charge >= 0.3 is 0 Å². The molecule has 28 heavy (non-hydrogen) atoms. The largest absolute Gasteiger partial charge is 0.493 e. The van der Waals surface area contributed by atoms with Gasteiger partial charge in [-0.25, -0.2) is 4.99 Å². The van der Waals surface area contributed by atoms with Gasteiger partial charge < -0.3 is 20.1 Å². The first-order chi connectivity index (χ1) is 13.1. The quantitative estimate of drug-likeness (QED) is 0.270. The lowest BCUT2D eigenvalue weighted by atomic mass is 10.0. The maximum absolute atomic E-state index is 6.08. The second-order valence-electron chi connectivity index (χ2n) is 8.16. The van der Waals surface area contributed by atoms with Gasteiger partial charge in [-0.1, -0.05) is 12.1 Å². The molecule has 1 aromatic carbocycles. The fourth-order valence-corrected chi connectivity index (χ4v) is 3.21. The van der Waals surface area contributed by atoms with Crippen molar-refractivity contribution in [3.05, 3.63) is 29.3 Å². The van der Waals surface area contributed by atoms with Crippen molar-refractivity contribution in [2.24, 2.45) is 16.3 Å². The Labute approximate surface area is 187 Å². The summed E-state index contributed by atoms with van der Waals surface area (Å²) in [5.41, 5.74) is 2.78. The zero-order chi connectivity index (χ0) is 19.1. The van der Waals surface area contributed by atoms with E-state index < -0.39 is 0 Å². The van der Waals surface area contributed by atoms with Gasteiger partial charge in [-0.2, -0.15) is 0 Å². The van der Waals surface area contributed by atoms with E-state index in [9.17, 15) is 0 Å². The number of hydrogen-bond acceptors (Lipinski definition) is 3. The molecule has 0 aliphatic heterocycles. The number of rotatable bonds is 11. The molecule has 2 aliphatic carbocycles. The average Bonchev–Trinajstić information content (AvgIpc) is 3.58. The van der Waals surface area contributed by atoms with Gasteiger partial charge in [-0.15, -0.1) is 24.0 Å². The van der Waals surface area contributed by atoms with Gasteiger partial charge in [-0.05, 0) is 68.9 Å². The number of hydrogen-bond donors (Lipinski definition) is 2. The zero-order valence-corrected chi connectivity index (χ0v) is 19.9. The third-order valence-electron chi connectivity index (χ3n) is 5.57. The van der Waals surface area contributed by atoms with E-state index in [1.54, 1.807) is 7.11 Å². The molecule has 2 saturated carbocycles. The van der Waals surface area contributed by atoms with Crippen molar-refractivity contribution < 1.29 is 9.47 Å². The summed E-state index contributed by atoms with van der Waals surface area (Å²) in [5, 5.41) is 6.90. The van der Waals surface area contributed by atoms with Crippen molar-refractivity contribution in [1.82, 2.24) is 10.6 Å². The molecule has 0 heterocycles. The lowest BCUT2D eigenvalue weighted by Gasteiger charge is -2.18. The maximum atomic E-state index is 6.08. The predicted octanol–water partition coefficient (Wildman–Crippen LogP) is 4.27. The summed E-state index contributed by atoms with van der Waals surface area (Å²) >= 11 is 0. The molecule has 0 radical (unpaired) electrons. The molecule has 2 fully saturated rings. The monoisotopic (exact) mass is 501 g/mol.